The molecule has 0 bridgehead atoms. The van der Waals surface area contributed by atoms with Crippen LogP contribution in [0.3, 0.4) is 0 Å². The molecule has 3 aromatic rings. The highest BCUT2D eigenvalue weighted by molar-refractivity contribution is 6.12. The van der Waals surface area contributed by atoms with Gasteiger partial charge in [0.1, 0.15) is 12.4 Å². The van der Waals surface area contributed by atoms with Gasteiger partial charge in [-0.15, -0.1) is 0 Å². The molecule has 0 aliphatic carbocycles. The van der Waals surface area contributed by atoms with Gasteiger partial charge in [-0.2, -0.15) is 13.2 Å². The molecule has 36 heavy (non-hydrogen) atoms. The molecule has 0 saturated carbocycles. The fraction of sp³-hybridized carbons (Fsp3) is 0.286. The Labute approximate surface area is 206 Å². The van der Waals surface area contributed by atoms with Crippen LogP contribution in [0.1, 0.15) is 51.0 Å². The zero-order valence-corrected chi connectivity index (χ0v) is 19.3. The van der Waals surface area contributed by atoms with Crippen LogP contribution in [-0.2, 0) is 29.6 Å². The number of alkyl halides is 3. The Bertz CT molecular complexity index is 1330. The van der Waals surface area contributed by atoms with Crippen molar-refractivity contribution in [3.05, 3.63) is 100 Å². The Kier molecular flexibility index (Phi) is 6.08. The topological polar surface area (TPSA) is 66.8 Å². The molecule has 1 saturated heterocycles. The van der Waals surface area contributed by atoms with Crippen molar-refractivity contribution < 1.29 is 32.6 Å². The minimum atomic E-state index is -4.49. The van der Waals surface area contributed by atoms with E-state index in [1.54, 1.807) is 35.2 Å². The van der Waals surface area contributed by atoms with Gasteiger partial charge in [0.15, 0.2) is 5.78 Å². The van der Waals surface area contributed by atoms with Crippen LogP contribution >= 0.6 is 0 Å². The summed E-state index contributed by atoms with van der Waals surface area (Å²) in [6.07, 6.45) is -4.17. The summed E-state index contributed by atoms with van der Waals surface area (Å²) in [6, 6.07) is 17.1. The van der Waals surface area contributed by atoms with Crippen LogP contribution < -0.4 is 4.74 Å². The number of aliphatic hydroxyl groups is 1. The minimum Gasteiger partial charge on any atom is -0.488 e. The largest absolute Gasteiger partial charge is 0.488 e. The van der Waals surface area contributed by atoms with Gasteiger partial charge in [-0.25, -0.2) is 0 Å². The van der Waals surface area contributed by atoms with Gasteiger partial charge < -0.3 is 14.7 Å². The molecule has 2 aliphatic rings. The van der Waals surface area contributed by atoms with Gasteiger partial charge in [0.25, 0.3) is 0 Å². The molecule has 1 amide bonds. The maximum atomic E-state index is 13.1. The SMILES string of the molecule is O=C1c2ccccc2COc2ccc(CC(=O)N3CCC(O)(c4cccc(C(F)(F)F)c4)CC3)cc21. The Balaban J connectivity index is 1.27. The summed E-state index contributed by atoms with van der Waals surface area (Å²) in [5.41, 5.74) is 0.406. The van der Waals surface area contributed by atoms with Crippen LogP contribution in [-0.4, -0.2) is 34.8 Å². The second-order valence-corrected chi connectivity index (χ2v) is 9.27. The van der Waals surface area contributed by atoms with Crippen molar-refractivity contribution in [2.75, 3.05) is 13.1 Å². The molecule has 2 aliphatic heterocycles. The fourth-order valence-corrected chi connectivity index (χ4v) is 4.84. The van der Waals surface area contributed by atoms with Gasteiger partial charge in [0.05, 0.1) is 23.1 Å². The average molecular weight is 495 g/mol. The van der Waals surface area contributed by atoms with E-state index in [2.05, 4.69) is 0 Å². The lowest BCUT2D eigenvalue weighted by molar-refractivity contribution is -0.137. The third-order valence-corrected chi connectivity index (χ3v) is 6.96. The van der Waals surface area contributed by atoms with Crippen LogP contribution in [0.4, 0.5) is 13.2 Å². The highest BCUT2D eigenvalue weighted by atomic mass is 19.4. The zero-order chi connectivity index (χ0) is 25.5. The predicted octanol–water partition coefficient (Wildman–Crippen LogP) is 4.88. The lowest BCUT2D eigenvalue weighted by atomic mass is 9.83. The number of nitrogens with zero attached hydrogens (tertiary/aromatic N) is 1. The van der Waals surface area contributed by atoms with Crippen molar-refractivity contribution in [2.45, 2.75) is 37.6 Å². The van der Waals surface area contributed by atoms with E-state index in [-0.39, 0.29) is 56.2 Å². The third kappa shape index (κ3) is 4.60. The van der Waals surface area contributed by atoms with E-state index in [1.165, 1.54) is 12.1 Å². The Morgan fingerprint density at radius 3 is 2.47 bits per heavy atom. The maximum Gasteiger partial charge on any atom is 0.416 e. The van der Waals surface area contributed by atoms with E-state index >= 15 is 0 Å². The lowest BCUT2D eigenvalue weighted by Gasteiger charge is -2.38. The Morgan fingerprint density at radius 2 is 1.72 bits per heavy atom. The second kappa shape index (κ2) is 9.09. The average Bonchev–Trinajstić information content (AvgIpc) is 3.01. The number of benzene rings is 3. The van der Waals surface area contributed by atoms with E-state index in [0.29, 0.717) is 22.4 Å². The number of carbonyl (C=O) groups excluding carboxylic acids is 2. The number of halogens is 3. The summed E-state index contributed by atoms with van der Waals surface area (Å²) in [6.45, 7) is 0.716. The third-order valence-electron chi connectivity index (χ3n) is 6.96. The molecule has 0 radical (unpaired) electrons. The zero-order valence-electron chi connectivity index (χ0n) is 19.3. The number of hydrogen-bond acceptors (Lipinski definition) is 4. The van der Waals surface area contributed by atoms with Gasteiger partial charge in [0, 0.05) is 24.2 Å². The molecule has 0 unspecified atom stereocenters. The Hall–Kier alpha value is -3.65. The molecule has 8 heteroatoms. The van der Waals surface area contributed by atoms with Gasteiger partial charge >= 0.3 is 6.18 Å². The first kappa shape index (κ1) is 24.1. The molecule has 1 N–H and O–H groups in total. The highest BCUT2D eigenvalue weighted by Gasteiger charge is 2.38. The monoisotopic (exact) mass is 495 g/mol. The number of rotatable bonds is 3. The highest BCUT2D eigenvalue weighted by Crippen LogP contribution is 2.37. The van der Waals surface area contributed by atoms with E-state index in [9.17, 15) is 27.9 Å². The van der Waals surface area contributed by atoms with Crippen molar-refractivity contribution in [3.8, 4) is 5.75 Å². The molecule has 0 spiro atoms. The quantitative estimate of drug-likeness (QED) is 0.563. The second-order valence-electron chi connectivity index (χ2n) is 9.27. The van der Waals surface area contributed by atoms with Crippen LogP contribution in [0.2, 0.25) is 0 Å². The van der Waals surface area contributed by atoms with E-state index in [0.717, 1.165) is 17.7 Å². The first-order valence-electron chi connectivity index (χ1n) is 11.7. The molecule has 186 valence electrons. The molecule has 0 aromatic heterocycles. The minimum absolute atomic E-state index is 0.0597. The molecular formula is C28H24F3NO4. The molecular weight excluding hydrogens is 471 g/mol. The van der Waals surface area contributed by atoms with Crippen LogP contribution in [0.15, 0.2) is 66.7 Å². The smallest absolute Gasteiger partial charge is 0.416 e. The van der Waals surface area contributed by atoms with E-state index < -0.39 is 17.3 Å². The fourth-order valence-electron chi connectivity index (χ4n) is 4.84. The first-order valence-corrected chi connectivity index (χ1v) is 11.7. The van der Waals surface area contributed by atoms with Gasteiger partial charge in [-0.1, -0.05) is 42.5 Å². The number of hydrogen-bond donors (Lipinski definition) is 1. The van der Waals surface area contributed by atoms with Gasteiger partial charge in [-0.3, -0.25) is 9.59 Å². The lowest BCUT2D eigenvalue weighted by Crippen LogP contribution is -2.45. The normalized spacial score (nSPS) is 17.0. The van der Waals surface area contributed by atoms with Crippen molar-refractivity contribution in [1.82, 2.24) is 4.90 Å². The standard InChI is InChI=1S/C28H24F3NO4/c29-28(30,31)21-6-3-5-20(16-21)27(35)10-12-32(13-11-27)25(33)15-18-8-9-24-23(14-18)26(34)22-7-2-1-4-19(22)17-36-24/h1-9,14,16,35H,10-13,15,17H2. The van der Waals surface area contributed by atoms with Crippen molar-refractivity contribution in [1.29, 1.82) is 0 Å². The number of carbonyl (C=O) groups is 2. The first-order chi connectivity index (χ1) is 17.1. The number of ketones is 1. The summed E-state index contributed by atoms with van der Waals surface area (Å²) < 4.78 is 45.1. The van der Waals surface area contributed by atoms with Gasteiger partial charge in [-0.05, 0) is 48.2 Å². The molecule has 0 atom stereocenters. The van der Waals surface area contributed by atoms with E-state index in [1.807, 2.05) is 12.1 Å². The summed E-state index contributed by atoms with van der Waals surface area (Å²) in [4.78, 5) is 27.7. The van der Waals surface area contributed by atoms with Crippen LogP contribution in [0, 0.1) is 0 Å². The molecule has 5 nitrogen and oxygen atoms in total. The van der Waals surface area contributed by atoms with E-state index in [4.69, 9.17) is 4.74 Å². The number of amides is 1. The molecule has 3 aromatic carbocycles. The number of fused-ring (bicyclic) bond motifs is 2. The summed E-state index contributed by atoms with van der Waals surface area (Å²) >= 11 is 0. The van der Waals surface area contributed by atoms with Crippen molar-refractivity contribution >= 4 is 11.7 Å². The van der Waals surface area contributed by atoms with Crippen LogP contribution in [0.5, 0.6) is 5.75 Å². The summed E-state index contributed by atoms with van der Waals surface area (Å²) in [7, 11) is 0. The maximum absolute atomic E-state index is 13.1. The van der Waals surface area contributed by atoms with Crippen molar-refractivity contribution in [3.63, 3.8) is 0 Å². The Morgan fingerprint density at radius 1 is 0.972 bits per heavy atom. The summed E-state index contributed by atoms with van der Waals surface area (Å²) in [5.74, 6) is 0.136. The van der Waals surface area contributed by atoms with Gasteiger partial charge in [0.2, 0.25) is 5.91 Å². The van der Waals surface area contributed by atoms with Crippen molar-refractivity contribution in [2.24, 2.45) is 0 Å². The number of piperidine rings is 1. The number of likely N-dealkylation sites (tertiary alicyclic amines) is 1. The number of ether oxygens (including phenoxy) is 1. The van der Waals surface area contributed by atoms with Crippen LogP contribution in [0.25, 0.3) is 0 Å². The molecule has 1 fully saturated rings. The summed E-state index contributed by atoms with van der Waals surface area (Å²) in [5, 5.41) is 11.0. The molecule has 5 rings (SSSR count). The predicted molar refractivity (Wildman–Crippen MR) is 126 cm³/mol. The molecule has 2 heterocycles.